The van der Waals surface area contributed by atoms with Gasteiger partial charge in [-0.2, -0.15) is 0 Å². The lowest BCUT2D eigenvalue weighted by atomic mass is 9.99. The van der Waals surface area contributed by atoms with Gasteiger partial charge in [0.15, 0.2) is 6.29 Å². The minimum absolute atomic E-state index is 0.210. The molecule has 0 aliphatic carbocycles. The third-order valence-corrected chi connectivity index (χ3v) is 8.33. The Morgan fingerprint density at radius 1 is 0.729 bits per heavy atom. The first-order valence-electron chi connectivity index (χ1n) is 18.5. The van der Waals surface area contributed by atoms with Gasteiger partial charge in [-0.15, -0.1) is 0 Å². The Labute approximate surface area is 290 Å². The first-order valence-corrected chi connectivity index (χ1v) is 18.5. The van der Waals surface area contributed by atoms with E-state index in [2.05, 4.69) is 67.8 Å². The van der Waals surface area contributed by atoms with Crippen molar-refractivity contribution in [1.82, 2.24) is 5.32 Å². The summed E-state index contributed by atoms with van der Waals surface area (Å²) in [6.45, 7) is 3.54. The zero-order valence-electron chi connectivity index (χ0n) is 29.7. The van der Waals surface area contributed by atoms with Crippen molar-refractivity contribution in [3.63, 3.8) is 0 Å². The fourth-order valence-electron chi connectivity index (χ4n) is 5.30. The van der Waals surface area contributed by atoms with Gasteiger partial charge in [-0.1, -0.05) is 113 Å². The van der Waals surface area contributed by atoms with Crippen molar-refractivity contribution in [3.05, 3.63) is 60.8 Å². The fourth-order valence-corrected chi connectivity index (χ4v) is 5.30. The van der Waals surface area contributed by atoms with Crippen LogP contribution in [-0.2, 0) is 14.3 Å². The van der Waals surface area contributed by atoms with Crippen molar-refractivity contribution in [2.45, 2.75) is 166 Å². The summed E-state index contributed by atoms with van der Waals surface area (Å²) >= 11 is 0. The van der Waals surface area contributed by atoms with E-state index in [-0.39, 0.29) is 12.5 Å². The molecule has 9 heteroatoms. The molecule has 7 unspecified atom stereocenters. The van der Waals surface area contributed by atoms with Crippen LogP contribution in [0.5, 0.6) is 0 Å². The molecule has 0 saturated carbocycles. The van der Waals surface area contributed by atoms with E-state index in [0.717, 1.165) is 77.0 Å². The zero-order chi connectivity index (χ0) is 35.2. The van der Waals surface area contributed by atoms with Gasteiger partial charge in [0.2, 0.25) is 5.91 Å². The molecule has 1 heterocycles. The van der Waals surface area contributed by atoms with E-state index in [1.165, 1.54) is 25.7 Å². The summed E-state index contributed by atoms with van der Waals surface area (Å²) < 4.78 is 11.1. The molecule has 6 N–H and O–H groups in total. The predicted molar refractivity (Wildman–Crippen MR) is 193 cm³/mol. The van der Waals surface area contributed by atoms with Crippen LogP contribution in [0.4, 0.5) is 0 Å². The molecule has 276 valence electrons. The Bertz CT molecular complexity index is 931. The van der Waals surface area contributed by atoms with E-state index >= 15 is 0 Å². The molecule has 1 rings (SSSR count). The molecular weight excluding hydrogens is 610 g/mol. The van der Waals surface area contributed by atoms with Crippen LogP contribution in [0.25, 0.3) is 0 Å². The molecule has 0 spiro atoms. The standard InChI is InChI=1S/C39H67NO8/c1-3-5-7-9-11-13-15-16-17-18-19-21-23-25-27-29-35(43)40-32(31-47-39-38(46)37(45)36(44)34(30-41)48-39)33(42)28-26-24-22-20-14-12-10-8-6-4-2/h6,8,11,13-16,20,26,28,32-34,36-39,41-42,44-46H,3-5,7,9-10,12,17-19,21-25,27,29-31H2,1-2H3,(H,40,43)/b8-6+,13-11-,16-15-,20-14+,28-26+. The second kappa shape index (κ2) is 29.8. The topological polar surface area (TPSA) is 149 Å². The number of amides is 1. The average Bonchev–Trinajstić information content (AvgIpc) is 3.08. The third kappa shape index (κ3) is 21.1. The summed E-state index contributed by atoms with van der Waals surface area (Å²) in [5, 5.41) is 53.7. The van der Waals surface area contributed by atoms with Gasteiger partial charge in [0, 0.05) is 6.42 Å². The third-order valence-electron chi connectivity index (χ3n) is 8.33. The second-order valence-electron chi connectivity index (χ2n) is 12.6. The highest BCUT2D eigenvalue weighted by molar-refractivity contribution is 5.76. The number of ether oxygens (including phenoxy) is 2. The number of unbranched alkanes of at least 4 members (excludes halogenated alkanes) is 11. The van der Waals surface area contributed by atoms with Crippen LogP contribution in [0.2, 0.25) is 0 Å². The Balaban J connectivity index is 2.49. The molecule has 0 radical (unpaired) electrons. The first kappa shape index (κ1) is 43.9. The maximum atomic E-state index is 12.8. The normalized spacial score (nSPS) is 23.4. The molecule has 0 aromatic carbocycles. The molecule has 48 heavy (non-hydrogen) atoms. The van der Waals surface area contributed by atoms with Crippen LogP contribution in [0.15, 0.2) is 60.8 Å². The largest absolute Gasteiger partial charge is 0.394 e. The molecule has 1 aliphatic heterocycles. The van der Waals surface area contributed by atoms with Crippen molar-refractivity contribution < 1.29 is 39.8 Å². The number of carbonyl (C=O) groups is 1. The number of hydrogen-bond acceptors (Lipinski definition) is 8. The molecule has 7 atom stereocenters. The van der Waals surface area contributed by atoms with Crippen LogP contribution in [0, 0.1) is 0 Å². The second-order valence-corrected chi connectivity index (χ2v) is 12.6. The van der Waals surface area contributed by atoms with Crippen LogP contribution < -0.4 is 5.32 Å². The number of nitrogens with one attached hydrogen (secondary N) is 1. The smallest absolute Gasteiger partial charge is 0.220 e. The highest BCUT2D eigenvalue weighted by Crippen LogP contribution is 2.22. The highest BCUT2D eigenvalue weighted by Gasteiger charge is 2.44. The Kier molecular flexibility index (Phi) is 27.2. The van der Waals surface area contributed by atoms with E-state index in [9.17, 15) is 30.3 Å². The molecule has 1 aliphatic rings. The van der Waals surface area contributed by atoms with Crippen LogP contribution in [0.1, 0.15) is 123 Å². The van der Waals surface area contributed by atoms with Gasteiger partial charge in [0.25, 0.3) is 0 Å². The Morgan fingerprint density at radius 3 is 1.94 bits per heavy atom. The summed E-state index contributed by atoms with van der Waals surface area (Å²) in [5.74, 6) is -0.210. The average molecular weight is 678 g/mol. The van der Waals surface area contributed by atoms with Gasteiger partial charge >= 0.3 is 0 Å². The Hall–Kier alpha value is -2.11. The van der Waals surface area contributed by atoms with Gasteiger partial charge in [-0.3, -0.25) is 4.79 Å². The van der Waals surface area contributed by atoms with E-state index < -0.39 is 49.5 Å². The SMILES string of the molecule is CC/C=C/CC/C=C/CC/C=C/C(O)C(COC1OC(CO)C(O)C(O)C1O)NC(=O)CCCCCCCC/C=C\C=C/CCCCC. The van der Waals surface area contributed by atoms with Gasteiger partial charge in [0.1, 0.15) is 24.4 Å². The van der Waals surface area contributed by atoms with Crippen molar-refractivity contribution >= 4 is 5.91 Å². The van der Waals surface area contributed by atoms with E-state index in [4.69, 9.17) is 9.47 Å². The van der Waals surface area contributed by atoms with Crippen LogP contribution in [-0.4, -0.2) is 87.5 Å². The fraction of sp³-hybridized carbons (Fsp3) is 0.718. The molecule has 9 nitrogen and oxygen atoms in total. The number of aliphatic hydroxyl groups excluding tert-OH is 5. The number of aliphatic hydroxyl groups is 5. The lowest BCUT2D eigenvalue weighted by Gasteiger charge is -2.40. The predicted octanol–water partition coefficient (Wildman–Crippen LogP) is 6.10. The minimum Gasteiger partial charge on any atom is -0.394 e. The monoisotopic (exact) mass is 677 g/mol. The van der Waals surface area contributed by atoms with E-state index in [1.54, 1.807) is 6.08 Å². The number of allylic oxidation sites excluding steroid dienone is 9. The molecule has 0 aromatic heterocycles. The van der Waals surface area contributed by atoms with Crippen molar-refractivity contribution in [3.8, 4) is 0 Å². The zero-order valence-corrected chi connectivity index (χ0v) is 29.7. The molecule has 1 saturated heterocycles. The molecule has 0 aromatic rings. The van der Waals surface area contributed by atoms with Crippen molar-refractivity contribution in [2.75, 3.05) is 13.2 Å². The quantitative estimate of drug-likeness (QED) is 0.0331. The molecule has 1 amide bonds. The van der Waals surface area contributed by atoms with Gasteiger partial charge in [-0.25, -0.2) is 0 Å². The number of hydrogen-bond donors (Lipinski definition) is 6. The van der Waals surface area contributed by atoms with Crippen LogP contribution >= 0.6 is 0 Å². The highest BCUT2D eigenvalue weighted by atomic mass is 16.7. The summed E-state index contributed by atoms with van der Waals surface area (Å²) in [6, 6.07) is -0.832. The van der Waals surface area contributed by atoms with Crippen molar-refractivity contribution in [1.29, 1.82) is 0 Å². The maximum Gasteiger partial charge on any atom is 0.220 e. The lowest BCUT2D eigenvalue weighted by Crippen LogP contribution is -2.60. The van der Waals surface area contributed by atoms with Crippen LogP contribution in [0.3, 0.4) is 0 Å². The summed E-state index contributed by atoms with van der Waals surface area (Å²) in [5.41, 5.74) is 0. The van der Waals surface area contributed by atoms with Gasteiger partial charge in [-0.05, 0) is 64.2 Å². The first-order chi connectivity index (χ1) is 23.3. The summed E-state index contributed by atoms with van der Waals surface area (Å²) in [7, 11) is 0. The number of carbonyl (C=O) groups excluding carboxylic acids is 1. The number of rotatable bonds is 28. The Morgan fingerprint density at radius 2 is 1.31 bits per heavy atom. The van der Waals surface area contributed by atoms with E-state index in [1.807, 2.05) is 6.08 Å². The summed E-state index contributed by atoms with van der Waals surface area (Å²) in [6.07, 6.45) is 29.8. The maximum absolute atomic E-state index is 12.8. The van der Waals surface area contributed by atoms with Crippen molar-refractivity contribution in [2.24, 2.45) is 0 Å². The summed E-state index contributed by atoms with van der Waals surface area (Å²) in [4.78, 5) is 12.8. The lowest BCUT2D eigenvalue weighted by molar-refractivity contribution is -0.302. The minimum atomic E-state index is -1.58. The molecule has 1 fully saturated rings. The van der Waals surface area contributed by atoms with Gasteiger partial charge < -0.3 is 40.3 Å². The molecular formula is C39H67NO8. The van der Waals surface area contributed by atoms with E-state index in [0.29, 0.717) is 6.42 Å². The molecule has 0 bridgehead atoms. The van der Waals surface area contributed by atoms with Gasteiger partial charge in [0.05, 0.1) is 25.4 Å².